The maximum Gasteiger partial charge on any atom is 0.197 e. The van der Waals surface area contributed by atoms with Crippen LogP contribution in [0, 0.1) is 11.6 Å². The number of halogens is 2. The van der Waals surface area contributed by atoms with E-state index in [4.69, 9.17) is 15.2 Å². The summed E-state index contributed by atoms with van der Waals surface area (Å²) in [5, 5.41) is 0. The van der Waals surface area contributed by atoms with Gasteiger partial charge in [-0.25, -0.2) is 8.78 Å². The minimum atomic E-state index is -1.18. The molecule has 1 aromatic carbocycles. The number of ether oxygens (including phenoxy) is 2. The van der Waals surface area contributed by atoms with Crippen molar-refractivity contribution >= 4 is 0 Å². The molecule has 5 heteroatoms. The van der Waals surface area contributed by atoms with Crippen molar-refractivity contribution in [1.82, 2.24) is 0 Å². The van der Waals surface area contributed by atoms with E-state index >= 15 is 0 Å². The third-order valence-corrected chi connectivity index (χ3v) is 2.80. The van der Waals surface area contributed by atoms with Gasteiger partial charge in [-0.05, 0) is 31.2 Å². The van der Waals surface area contributed by atoms with E-state index in [0.29, 0.717) is 32.6 Å². The molecule has 0 saturated carbocycles. The molecule has 1 aliphatic heterocycles. The number of hydrogen-bond acceptors (Lipinski definition) is 3. The monoisotopic (exact) mass is 243 g/mol. The first kappa shape index (κ1) is 12.4. The molecule has 1 aliphatic rings. The summed E-state index contributed by atoms with van der Waals surface area (Å²) in [7, 11) is 0. The number of hydrogen-bond donors (Lipinski definition) is 1. The lowest BCUT2D eigenvalue weighted by Crippen LogP contribution is -2.29. The lowest BCUT2D eigenvalue weighted by Gasteiger charge is -2.28. The van der Waals surface area contributed by atoms with E-state index in [0.717, 1.165) is 18.2 Å². The standard InChI is InChI=1S/C12H15F2NO2/c13-9-2-3-11(14)10(8-9)12(4-1-5-15)16-6-7-17-12/h2-3,8H,1,4-7,15H2. The third kappa shape index (κ3) is 2.46. The van der Waals surface area contributed by atoms with E-state index in [2.05, 4.69) is 0 Å². The summed E-state index contributed by atoms with van der Waals surface area (Å²) in [6, 6.07) is 3.28. The van der Waals surface area contributed by atoms with Crippen LogP contribution in [0.25, 0.3) is 0 Å². The first-order valence-corrected chi connectivity index (χ1v) is 5.61. The molecule has 94 valence electrons. The van der Waals surface area contributed by atoms with Crippen molar-refractivity contribution in [2.45, 2.75) is 18.6 Å². The van der Waals surface area contributed by atoms with E-state index in [1.807, 2.05) is 0 Å². The van der Waals surface area contributed by atoms with Gasteiger partial charge in [-0.15, -0.1) is 0 Å². The Hall–Kier alpha value is -1.04. The second kappa shape index (κ2) is 5.08. The average Bonchev–Trinajstić information content (AvgIpc) is 2.79. The minimum Gasteiger partial charge on any atom is -0.343 e. The van der Waals surface area contributed by atoms with Crippen LogP contribution in [0.3, 0.4) is 0 Å². The summed E-state index contributed by atoms with van der Waals surface area (Å²) < 4.78 is 37.9. The highest BCUT2D eigenvalue weighted by molar-refractivity contribution is 5.24. The Balaban J connectivity index is 2.34. The van der Waals surface area contributed by atoms with E-state index in [1.54, 1.807) is 0 Å². The zero-order valence-electron chi connectivity index (χ0n) is 9.42. The Bertz CT molecular complexity index is 392. The van der Waals surface area contributed by atoms with Gasteiger partial charge in [0, 0.05) is 12.0 Å². The molecule has 0 atom stereocenters. The lowest BCUT2D eigenvalue weighted by atomic mass is 9.99. The highest BCUT2D eigenvalue weighted by Crippen LogP contribution is 2.37. The van der Waals surface area contributed by atoms with Crippen molar-refractivity contribution in [3.63, 3.8) is 0 Å². The van der Waals surface area contributed by atoms with Gasteiger partial charge in [0.15, 0.2) is 5.79 Å². The molecule has 1 fully saturated rings. The molecule has 0 radical (unpaired) electrons. The van der Waals surface area contributed by atoms with Gasteiger partial charge < -0.3 is 15.2 Å². The lowest BCUT2D eigenvalue weighted by molar-refractivity contribution is -0.173. The highest BCUT2D eigenvalue weighted by Gasteiger charge is 2.40. The van der Waals surface area contributed by atoms with Gasteiger partial charge in [0.1, 0.15) is 11.6 Å². The second-order valence-electron chi connectivity index (χ2n) is 3.97. The smallest absolute Gasteiger partial charge is 0.197 e. The molecular weight excluding hydrogens is 228 g/mol. The molecular formula is C12H15F2NO2. The van der Waals surface area contributed by atoms with Crippen LogP contribution in [-0.2, 0) is 15.3 Å². The number of benzene rings is 1. The summed E-state index contributed by atoms with van der Waals surface area (Å²) in [5.74, 6) is -2.20. The van der Waals surface area contributed by atoms with Gasteiger partial charge in [-0.3, -0.25) is 0 Å². The van der Waals surface area contributed by atoms with Crippen molar-refractivity contribution in [3.8, 4) is 0 Å². The molecule has 0 bridgehead atoms. The first-order chi connectivity index (χ1) is 8.18. The predicted molar refractivity (Wildman–Crippen MR) is 58.2 cm³/mol. The van der Waals surface area contributed by atoms with Crippen LogP contribution < -0.4 is 5.73 Å². The first-order valence-electron chi connectivity index (χ1n) is 5.61. The maximum atomic E-state index is 13.7. The van der Waals surface area contributed by atoms with Crippen LogP contribution in [0.15, 0.2) is 18.2 Å². The fourth-order valence-corrected chi connectivity index (χ4v) is 2.01. The van der Waals surface area contributed by atoms with Crippen molar-refractivity contribution in [1.29, 1.82) is 0 Å². The van der Waals surface area contributed by atoms with E-state index < -0.39 is 17.4 Å². The molecule has 1 saturated heterocycles. The van der Waals surface area contributed by atoms with E-state index in [9.17, 15) is 8.78 Å². The maximum absolute atomic E-state index is 13.7. The van der Waals surface area contributed by atoms with Gasteiger partial charge in [0.25, 0.3) is 0 Å². The van der Waals surface area contributed by atoms with Gasteiger partial charge in [0.05, 0.1) is 13.2 Å². The Kier molecular flexibility index (Phi) is 3.71. The number of nitrogens with two attached hydrogens (primary N) is 1. The van der Waals surface area contributed by atoms with Crippen molar-refractivity contribution in [3.05, 3.63) is 35.4 Å². The zero-order chi connectivity index (χ0) is 12.3. The fourth-order valence-electron chi connectivity index (χ4n) is 2.01. The number of rotatable bonds is 4. The molecule has 0 amide bonds. The van der Waals surface area contributed by atoms with Gasteiger partial charge in [-0.2, -0.15) is 0 Å². The van der Waals surface area contributed by atoms with Crippen LogP contribution in [0.4, 0.5) is 8.78 Å². The van der Waals surface area contributed by atoms with Crippen molar-refractivity contribution < 1.29 is 18.3 Å². The average molecular weight is 243 g/mol. The van der Waals surface area contributed by atoms with E-state index in [-0.39, 0.29) is 5.56 Å². The van der Waals surface area contributed by atoms with Gasteiger partial charge in [0.2, 0.25) is 0 Å². The Morgan fingerprint density at radius 1 is 1.24 bits per heavy atom. The van der Waals surface area contributed by atoms with Crippen molar-refractivity contribution in [2.75, 3.05) is 19.8 Å². The molecule has 0 aliphatic carbocycles. The van der Waals surface area contributed by atoms with Gasteiger partial charge in [-0.1, -0.05) is 0 Å². The van der Waals surface area contributed by atoms with Gasteiger partial charge >= 0.3 is 0 Å². The molecule has 1 aromatic rings. The molecule has 0 aromatic heterocycles. The molecule has 0 unspecified atom stereocenters. The van der Waals surface area contributed by atoms with Crippen molar-refractivity contribution in [2.24, 2.45) is 5.73 Å². The molecule has 17 heavy (non-hydrogen) atoms. The molecule has 3 nitrogen and oxygen atoms in total. The topological polar surface area (TPSA) is 44.5 Å². The van der Waals surface area contributed by atoms with Crippen LogP contribution in [0.5, 0.6) is 0 Å². The molecule has 2 rings (SSSR count). The Morgan fingerprint density at radius 2 is 1.94 bits per heavy atom. The molecule has 1 heterocycles. The van der Waals surface area contributed by atoms with Crippen LogP contribution in [-0.4, -0.2) is 19.8 Å². The van der Waals surface area contributed by atoms with E-state index in [1.165, 1.54) is 0 Å². The third-order valence-electron chi connectivity index (χ3n) is 2.80. The van der Waals surface area contributed by atoms with Crippen LogP contribution in [0.1, 0.15) is 18.4 Å². The summed E-state index contributed by atoms with van der Waals surface area (Å²) in [6.45, 7) is 1.20. The minimum absolute atomic E-state index is 0.114. The summed E-state index contributed by atoms with van der Waals surface area (Å²) in [5.41, 5.74) is 5.55. The van der Waals surface area contributed by atoms with Crippen LogP contribution >= 0.6 is 0 Å². The summed E-state index contributed by atoms with van der Waals surface area (Å²) >= 11 is 0. The zero-order valence-corrected chi connectivity index (χ0v) is 9.42. The summed E-state index contributed by atoms with van der Waals surface area (Å²) in [6.07, 6.45) is 1.04. The quantitative estimate of drug-likeness (QED) is 0.878. The van der Waals surface area contributed by atoms with Crippen LogP contribution in [0.2, 0.25) is 0 Å². The predicted octanol–water partition coefficient (Wildman–Crippen LogP) is 1.90. The fraction of sp³-hybridized carbons (Fsp3) is 0.500. The highest BCUT2D eigenvalue weighted by atomic mass is 19.1. The second-order valence-corrected chi connectivity index (χ2v) is 3.97. The Morgan fingerprint density at radius 3 is 2.59 bits per heavy atom. The normalized spacial score (nSPS) is 18.5. The SMILES string of the molecule is NCCCC1(c2cc(F)ccc2F)OCCO1. The Labute approximate surface area is 98.5 Å². The largest absolute Gasteiger partial charge is 0.343 e. The molecule has 0 spiro atoms. The molecule has 2 N–H and O–H groups in total. The summed E-state index contributed by atoms with van der Waals surface area (Å²) in [4.78, 5) is 0.